The van der Waals surface area contributed by atoms with Gasteiger partial charge in [-0.25, -0.2) is 4.98 Å². The molecule has 0 atom stereocenters. The monoisotopic (exact) mass is 501 g/mol. The van der Waals surface area contributed by atoms with Crippen LogP contribution in [-0.2, 0) is 17.9 Å². The van der Waals surface area contributed by atoms with E-state index < -0.39 is 0 Å². The van der Waals surface area contributed by atoms with Crippen LogP contribution in [-0.4, -0.2) is 23.9 Å². The predicted octanol–water partition coefficient (Wildman–Crippen LogP) is 3.84. The number of aromatic nitrogens is 1. The number of rotatable bonds is 6. The topological polar surface area (TPSA) is 78.4 Å². The first-order chi connectivity index (χ1) is 12.4. The van der Waals surface area contributed by atoms with Gasteiger partial charge in [-0.2, -0.15) is 0 Å². The van der Waals surface area contributed by atoms with E-state index in [2.05, 4.69) is 25.9 Å². The van der Waals surface area contributed by atoms with Crippen molar-refractivity contribution in [3.63, 3.8) is 0 Å². The standard InChI is InChI=1S/C19H27N5OS.HI/c1-12(2)18(25)24-16-8-6-15(7-9-16)10-21-19(20-5)22-11-17-13(3)23-14(4)26-17;/h6-9,12H,10-11H2,1-5H3,(H,24,25)(H2,20,21,22);1H. The van der Waals surface area contributed by atoms with E-state index in [1.54, 1.807) is 18.4 Å². The smallest absolute Gasteiger partial charge is 0.226 e. The fourth-order valence-corrected chi connectivity index (χ4v) is 3.18. The van der Waals surface area contributed by atoms with Crippen molar-refractivity contribution in [3.05, 3.63) is 45.4 Å². The molecule has 3 N–H and O–H groups in total. The molecule has 1 aromatic carbocycles. The van der Waals surface area contributed by atoms with Crippen LogP contribution in [0.2, 0.25) is 0 Å². The third-order valence-corrected chi connectivity index (χ3v) is 4.92. The molecule has 27 heavy (non-hydrogen) atoms. The number of nitrogens with zero attached hydrogens (tertiary/aromatic N) is 2. The number of anilines is 1. The van der Waals surface area contributed by atoms with E-state index in [1.807, 2.05) is 52.0 Å². The SMILES string of the molecule is CN=C(NCc1ccc(NC(=O)C(C)C)cc1)NCc1sc(C)nc1C.I. The molecule has 0 saturated heterocycles. The molecule has 1 heterocycles. The summed E-state index contributed by atoms with van der Waals surface area (Å²) in [6.07, 6.45) is 0. The van der Waals surface area contributed by atoms with E-state index in [0.29, 0.717) is 13.1 Å². The Labute approximate surface area is 182 Å². The molecule has 0 radical (unpaired) electrons. The van der Waals surface area contributed by atoms with Crippen molar-refractivity contribution < 1.29 is 4.79 Å². The number of thiazole rings is 1. The van der Waals surface area contributed by atoms with Gasteiger partial charge >= 0.3 is 0 Å². The predicted molar refractivity (Wildman–Crippen MR) is 124 cm³/mol. The van der Waals surface area contributed by atoms with E-state index >= 15 is 0 Å². The first kappa shape index (κ1) is 23.4. The van der Waals surface area contributed by atoms with Crippen LogP contribution in [0, 0.1) is 19.8 Å². The van der Waals surface area contributed by atoms with Crippen LogP contribution in [0.3, 0.4) is 0 Å². The summed E-state index contributed by atoms with van der Waals surface area (Å²) >= 11 is 1.70. The van der Waals surface area contributed by atoms with Gasteiger partial charge in [0.25, 0.3) is 0 Å². The first-order valence-corrected chi connectivity index (χ1v) is 9.48. The zero-order chi connectivity index (χ0) is 19.1. The van der Waals surface area contributed by atoms with Crippen LogP contribution >= 0.6 is 35.3 Å². The number of carbonyl (C=O) groups is 1. The lowest BCUT2D eigenvalue weighted by Crippen LogP contribution is -2.36. The number of carbonyl (C=O) groups excluding carboxylic acids is 1. The Balaban J connectivity index is 0.00000364. The van der Waals surface area contributed by atoms with E-state index in [1.165, 1.54) is 4.88 Å². The highest BCUT2D eigenvalue weighted by Crippen LogP contribution is 2.16. The van der Waals surface area contributed by atoms with Crippen molar-refractivity contribution in [2.75, 3.05) is 12.4 Å². The zero-order valence-corrected chi connectivity index (χ0v) is 19.6. The third kappa shape index (κ3) is 7.45. The Kier molecular flexibility index (Phi) is 9.71. The lowest BCUT2D eigenvalue weighted by atomic mass is 10.1. The summed E-state index contributed by atoms with van der Waals surface area (Å²) in [5, 5.41) is 10.6. The van der Waals surface area contributed by atoms with E-state index in [9.17, 15) is 4.79 Å². The summed E-state index contributed by atoms with van der Waals surface area (Å²) in [5.74, 6) is 0.735. The molecule has 0 saturated carbocycles. The number of guanidine groups is 1. The second-order valence-corrected chi connectivity index (χ2v) is 7.65. The molecule has 0 spiro atoms. The van der Waals surface area contributed by atoms with Crippen LogP contribution in [0.15, 0.2) is 29.3 Å². The average molecular weight is 501 g/mol. The highest BCUT2D eigenvalue weighted by Gasteiger charge is 2.08. The minimum Gasteiger partial charge on any atom is -0.352 e. The Bertz CT molecular complexity index is 771. The van der Waals surface area contributed by atoms with Gasteiger partial charge in [0, 0.05) is 30.1 Å². The fourth-order valence-electron chi connectivity index (χ4n) is 2.30. The zero-order valence-electron chi connectivity index (χ0n) is 16.4. The lowest BCUT2D eigenvalue weighted by molar-refractivity contribution is -0.118. The molecule has 0 fully saturated rings. The Hall–Kier alpha value is -1.68. The molecule has 8 heteroatoms. The number of amides is 1. The number of hydrogen-bond acceptors (Lipinski definition) is 4. The minimum atomic E-state index is -0.0308. The molecule has 148 valence electrons. The van der Waals surface area contributed by atoms with Crippen molar-refractivity contribution in [2.24, 2.45) is 10.9 Å². The van der Waals surface area contributed by atoms with Gasteiger partial charge in [0.15, 0.2) is 5.96 Å². The van der Waals surface area contributed by atoms with Gasteiger partial charge in [0.1, 0.15) is 0 Å². The van der Waals surface area contributed by atoms with Crippen LogP contribution in [0.5, 0.6) is 0 Å². The Morgan fingerprint density at radius 2 is 1.78 bits per heavy atom. The number of hydrogen-bond donors (Lipinski definition) is 3. The van der Waals surface area contributed by atoms with Crippen molar-refractivity contribution >= 4 is 52.9 Å². The molecule has 0 aliphatic heterocycles. The van der Waals surface area contributed by atoms with Gasteiger partial charge < -0.3 is 16.0 Å². The Morgan fingerprint density at radius 1 is 1.15 bits per heavy atom. The molecule has 6 nitrogen and oxygen atoms in total. The summed E-state index contributed by atoms with van der Waals surface area (Å²) < 4.78 is 0. The van der Waals surface area contributed by atoms with Crippen LogP contribution in [0.1, 0.15) is 35.0 Å². The number of aryl methyl sites for hydroxylation is 2. The molecule has 0 aliphatic carbocycles. The summed E-state index contributed by atoms with van der Waals surface area (Å²) in [6, 6.07) is 7.81. The summed E-state index contributed by atoms with van der Waals surface area (Å²) in [6.45, 7) is 9.15. The lowest BCUT2D eigenvalue weighted by Gasteiger charge is -2.12. The Morgan fingerprint density at radius 3 is 2.30 bits per heavy atom. The van der Waals surface area contributed by atoms with Gasteiger partial charge in [-0.1, -0.05) is 26.0 Å². The maximum Gasteiger partial charge on any atom is 0.226 e. The summed E-state index contributed by atoms with van der Waals surface area (Å²) in [5.41, 5.74) is 2.99. The minimum absolute atomic E-state index is 0. The molecule has 0 unspecified atom stereocenters. The number of aliphatic imine (C=N–C) groups is 1. The quantitative estimate of drug-likeness (QED) is 0.320. The maximum absolute atomic E-state index is 11.7. The number of benzene rings is 1. The normalized spacial score (nSPS) is 11.1. The molecular formula is C19H28IN5OS. The highest BCUT2D eigenvalue weighted by molar-refractivity contribution is 14.0. The molecule has 0 bridgehead atoms. The van der Waals surface area contributed by atoms with Crippen molar-refractivity contribution in [1.29, 1.82) is 0 Å². The van der Waals surface area contributed by atoms with E-state index in [0.717, 1.165) is 27.9 Å². The largest absolute Gasteiger partial charge is 0.352 e. The molecule has 0 aliphatic rings. The van der Waals surface area contributed by atoms with Gasteiger partial charge in [-0.05, 0) is 31.5 Å². The second kappa shape index (κ2) is 11.2. The van der Waals surface area contributed by atoms with Crippen molar-refractivity contribution in [2.45, 2.75) is 40.8 Å². The van der Waals surface area contributed by atoms with E-state index in [4.69, 9.17) is 0 Å². The molecule has 1 amide bonds. The molecule has 2 rings (SSSR count). The average Bonchev–Trinajstić information content (AvgIpc) is 2.93. The number of nitrogens with one attached hydrogen (secondary N) is 3. The molecular weight excluding hydrogens is 473 g/mol. The number of halogens is 1. The van der Waals surface area contributed by atoms with Crippen LogP contribution in [0.25, 0.3) is 0 Å². The van der Waals surface area contributed by atoms with Gasteiger partial charge in [0.05, 0.1) is 17.2 Å². The van der Waals surface area contributed by atoms with E-state index in [-0.39, 0.29) is 35.8 Å². The molecule has 2 aromatic rings. The first-order valence-electron chi connectivity index (χ1n) is 8.66. The maximum atomic E-state index is 11.7. The van der Waals surface area contributed by atoms with Gasteiger partial charge in [-0.3, -0.25) is 9.79 Å². The summed E-state index contributed by atoms with van der Waals surface area (Å²) in [7, 11) is 1.75. The van der Waals surface area contributed by atoms with Crippen molar-refractivity contribution in [3.8, 4) is 0 Å². The summed E-state index contributed by atoms with van der Waals surface area (Å²) in [4.78, 5) is 21.6. The second-order valence-electron chi connectivity index (χ2n) is 6.36. The highest BCUT2D eigenvalue weighted by atomic mass is 127. The van der Waals surface area contributed by atoms with Gasteiger partial charge in [-0.15, -0.1) is 35.3 Å². The van der Waals surface area contributed by atoms with Crippen molar-refractivity contribution in [1.82, 2.24) is 15.6 Å². The fraction of sp³-hybridized carbons (Fsp3) is 0.421. The van der Waals surface area contributed by atoms with Gasteiger partial charge in [0.2, 0.25) is 5.91 Å². The van der Waals surface area contributed by atoms with Crippen LogP contribution in [0.4, 0.5) is 5.69 Å². The molecule has 1 aromatic heterocycles. The third-order valence-electron chi connectivity index (χ3n) is 3.85. The van der Waals surface area contributed by atoms with Crippen LogP contribution < -0.4 is 16.0 Å².